The summed E-state index contributed by atoms with van der Waals surface area (Å²) in [5.41, 5.74) is 0.716. The van der Waals surface area contributed by atoms with Gasteiger partial charge in [0.15, 0.2) is 9.84 Å². The highest BCUT2D eigenvalue weighted by molar-refractivity contribution is 7.91. The van der Waals surface area contributed by atoms with Crippen LogP contribution in [-0.2, 0) is 9.84 Å². The zero-order valence-corrected chi connectivity index (χ0v) is 19.7. The van der Waals surface area contributed by atoms with Crippen molar-refractivity contribution in [2.24, 2.45) is 0 Å². The molecule has 192 valence electrons. The summed E-state index contributed by atoms with van der Waals surface area (Å²) in [6.45, 7) is 2.89. The number of nitrogens with zero attached hydrogens (tertiary/aromatic N) is 4. The van der Waals surface area contributed by atoms with Gasteiger partial charge in [-0.05, 0) is 36.2 Å². The first-order chi connectivity index (χ1) is 16.5. The lowest BCUT2D eigenvalue weighted by Crippen LogP contribution is -2.53. The molecule has 10 nitrogen and oxygen atoms in total. The van der Waals surface area contributed by atoms with Crippen molar-refractivity contribution < 1.29 is 40.4 Å². The summed E-state index contributed by atoms with van der Waals surface area (Å²) < 4.78 is 75.6. The fourth-order valence-corrected chi connectivity index (χ4v) is 5.50. The summed E-state index contributed by atoms with van der Waals surface area (Å²) in [5.74, 6) is -0.834. The highest BCUT2D eigenvalue weighted by Gasteiger charge is 2.38. The van der Waals surface area contributed by atoms with E-state index in [2.05, 4.69) is 14.9 Å². The van der Waals surface area contributed by atoms with Crippen molar-refractivity contribution in [3.63, 3.8) is 0 Å². The predicted octanol–water partition coefficient (Wildman–Crippen LogP) is 2.79. The molecule has 2 aliphatic rings. The molecule has 0 saturated carbocycles. The molecule has 2 amide bonds. The van der Waals surface area contributed by atoms with Crippen LogP contribution in [0, 0.1) is 0 Å². The van der Waals surface area contributed by atoms with Gasteiger partial charge < -0.3 is 23.8 Å². The molecule has 0 N–H and O–H groups in total. The molecule has 2 saturated heterocycles. The highest BCUT2D eigenvalue weighted by atomic mass is 32.2. The Morgan fingerprint density at radius 1 is 1.11 bits per heavy atom. The van der Waals surface area contributed by atoms with Crippen LogP contribution in [0.2, 0.25) is 0 Å². The molecule has 0 radical (unpaired) electrons. The Morgan fingerprint density at radius 2 is 1.77 bits per heavy atom. The van der Waals surface area contributed by atoms with Crippen LogP contribution < -0.4 is 9.47 Å². The van der Waals surface area contributed by atoms with Crippen molar-refractivity contribution in [3.05, 3.63) is 35.7 Å². The van der Waals surface area contributed by atoms with Crippen LogP contribution in [0.1, 0.15) is 36.6 Å². The molecule has 1 aromatic heterocycles. The largest absolute Gasteiger partial charge is 0.573 e. The van der Waals surface area contributed by atoms with Crippen LogP contribution in [0.3, 0.4) is 0 Å². The number of hydrogen-bond donors (Lipinski definition) is 0. The average molecular weight is 519 g/mol. The van der Waals surface area contributed by atoms with Gasteiger partial charge >= 0.3 is 18.4 Å². The van der Waals surface area contributed by atoms with Gasteiger partial charge in [-0.3, -0.25) is 0 Å². The van der Waals surface area contributed by atoms with Crippen molar-refractivity contribution >= 4 is 15.9 Å². The third kappa shape index (κ3) is 6.35. The quantitative estimate of drug-likeness (QED) is 0.594. The van der Waals surface area contributed by atoms with Crippen LogP contribution in [0.15, 0.2) is 28.8 Å². The van der Waals surface area contributed by atoms with Gasteiger partial charge in [0, 0.05) is 32.1 Å². The zero-order valence-electron chi connectivity index (χ0n) is 18.9. The Morgan fingerprint density at radius 3 is 2.40 bits per heavy atom. The monoisotopic (exact) mass is 518 g/mol. The second-order valence-electron chi connectivity index (χ2n) is 8.42. The second-order valence-corrected chi connectivity index (χ2v) is 10.7. The van der Waals surface area contributed by atoms with Crippen molar-refractivity contribution in [3.8, 4) is 11.8 Å². The number of amides is 2. The van der Waals surface area contributed by atoms with E-state index in [-0.39, 0.29) is 66.7 Å². The lowest BCUT2D eigenvalue weighted by Gasteiger charge is -2.40. The third-order valence-electron chi connectivity index (χ3n) is 5.97. The number of piperidine rings is 1. The molecule has 4 rings (SSSR count). The Kier molecular flexibility index (Phi) is 7.10. The number of hydrogen-bond acceptors (Lipinski definition) is 8. The number of benzene rings is 1. The number of rotatable bonds is 5. The van der Waals surface area contributed by atoms with Gasteiger partial charge in [0.25, 0.3) is 0 Å². The molecular formula is C21H25F3N4O6S. The average Bonchev–Trinajstić information content (AvgIpc) is 3.27. The Labute approximate surface area is 199 Å². The minimum Gasteiger partial charge on any atom is -0.462 e. The number of carbonyl (C=O) groups excluding carboxylic acids is 1. The van der Waals surface area contributed by atoms with E-state index in [9.17, 15) is 26.4 Å². The molecule has 0 bridgehead atoms. The summed E-state index contributed by atoms with van der Waals surface area (Å²) in [6, 6.07) is 5.29. The number of aromatic nitrogens is 2. The van der Waals surface area contributed by atoms with Crippen molar-refractivity contribution in [1.82, 2.24) is 19.9 Å². The van der Waals surface area contributed by atoms with Gasteiger partial charge in [0.2, 0.25) is 5.89 Å². The first kappa shape index (κ1) is 25.1. The summed E-state index contributed by atoms with van der Waals surface area (Å²) >= 11 is 0. The van der Waals surface area contributed by atoms with E-state index in [1.165, 1.54) is 29.2 Å². The molecular weight excluding hydrogens is 493 g/mol. The van der Waals surface area contributed by atoms with E-state index in [1.54, 1.807) is 11.8 Å². The summed E-state index contributed by atoms with van der Waals surface area (Å²) in [5, 5.41) is 3.79. The maximum absolute atomic E-state index is 13.3. The van der Waals surface area contributed by atoms with Gasteiger partial charge in [0.1, 0.15) is 5.75 Å². The standard InChI is InChI=1S/C21H25F3N4O6S/c1-2-32-19-25-18(34-26-19)16-11-15(14-3-5-17(6-4-14)33-21(22,23)24)12-28(13-16)20(29)27-7-9-35(30,31)10-8-27/h3-6,15-16H,2,7-13H2,1H3. The van der Waals surface area contributed by atoms with E-state index < -0.39 is 16.2 Å². The van der Waals surface area contributed by atoms with E-state index in [0.717, 1.165) is 0 Å². The third-order valence-corrected chi connectivity index (χ3v) is 7.58. The van der Waals surface area contributed by atoms with Gasteiger partial charge in [-0.25, -0.2) is 13.2 Å². The molecule has 0 aliphatic carbocycles. The minimum atomic E-state index is -4.79. The van der Waals surface area contributed by atoms with E-state index >= 15 is 0 Å². The SMILES string of the molecule is CCOc1noc(C2CC(c3ccc(OC(F)(F)F)cc3)CN(C(=O)N3CCS(=O)(=O)CC3)C2)n1. The molecule has 2 aliphatic heterocycles. The van der Waals surface area contributed by atoms with Crippen LogP contribution in [0.4, 0.5) is 18.0 Å². The van der Waals surface area contributed by atoms with Gasteiger partial charge in [-0.15, -0.1) is 13.2 Å². The van der Waals surface area contributed by atoms with E-state index in [4.69, 9.17) is 9.26 Å². The first-order valence-electron chi connectivity index (χ1n) is 11.1. The predicted molar refractivity (Wildman–Crippen MR) is 116 cm³/mol. The molecule has 35 heavy (non-hydrogen) atoms. The lowest BCUT2D eigenvalue weighted by molar-refractivity contribution is -0.274. The fraction of sp³-hybridized carbons (Fsp3) is 0.571. The van der Waals surface area contributed by atoms with E-state index in [1.807, 2.05) is 0 Å². The van der Waals surface area contributed by atoms with Crippen LogP contribution >= 0.6 is 0 Å². The molecule has 2 fully saturated rings. The van der Waals surface area contributed by atoms with E-state index in [0.29, 0.717) is 25.1 Å². The topological polar surface area (TPSA) is 115 Å². The van der Waals surface area contributed by atoms with Crippen LogP contribution in [0.5, 0.6) is 11.8 Å². The number of alkyl halides is 3. The maximum Gasteiger partial charge on any atom is 0.573 e. The minimum absolute atomic E-state index is 0.0809. The van der Waals surface area contributed by atoms with Gasteiger partial charge in [-0.2, -0.15) is 4.98 Å². The molecule has 0 spiro atoms. The zero-order chi connectivity index (χ0) is 25.2. The Balaban J connectivity index is 1.55. The Hall–Kier alpha value is -3.03. The van der Waals surface area contributed by atoms with Gasteiger partial charge in [0.05, 0.1) is 24.0 Å². The van der Waals surface area contributed by atoms with Crippen LogP contribution in [-0.4, -0.2) is 85.0 Å². The fourth-order valence-electron chi connectivity index (χ4n) is 4.30. The normalized spacial score (nSPS) is 22.6. The summed E-state index contributed by atoms with van der Waals surface area (Å²) in [7, 11) is -3.16. The first-order valence-corrected chi connectivity index (χ1v) is 12.9. The molecule has 1 aromatic carbocycles. The number of likely N-dealkylation sites (tertiary alicyclic amines) is 1. The summed E-state index contributed by atoms with van der Waals surface area (Å²) in [4.78, 5) is 20.6. The van der Waals surface area contributed by atoms with Crippen molar-refractivity contribution in [2.45, 2.75) is 31.5 Å². The molecule has 14 heteroatoms. The second kappa shape index (κ2) is 9.91. The number of sulfone groups is 1. The molecule has 2 aromatic rings. The molecule has 2 unspecified atom stereocenters. The lowest BCUT2D eigenvalue weighted by atomic mass is 9.84. The number of urea groups is 1. The Bertz CT molecular complexity index is 1120. The smallest absolute Gasteiger partial charge is 0.462 e. The molecule has 3 heterocycles. The number of halogens is 3. The summed E-state index contributed by atoms with van der Waals surface area (Å²) in [6.07, 6.45) is -4.29. The highest BCUT2D eigenvalue weighted by Crippen LogP contribution is 2.37. The number of carbonyl (C=O) groups is 1. The van der Waals surface area contributed by atoms with Gasteiger partial charge in [-0.1, -0.05) is 12.1 Å². The van der Waals surface area contributed by atoms with Crippen LogP contribution in [0.25, 0.3) is 0 Å². The molecule has 2 atom stereocenters. The maximum atomic E-state index is 13.3. The number of ether oxygens (including phenoxy) is 2. The van der Waals surface area contributed by atoms with Crippen molar-refractivity contribution in [1.29, 1.82) is 0 Å². The van der Waals surface area contributed by atoms with Crippen molar-refractivity contribution in [2.75, 3.05) is 44.3 Å².